The van der Waals surface area contributed by atoms with Gasteiger partial charge in [-0.15, -0.1) is 0 Å². The summed E-state index contributed by atoms with van der Waals surface area (Å²) >= 11 is 0. The van der Waals surface area contributed by atoms with E-state index in [0.717, 1.165) is 37.0 Å². The molecule has 4 aliphatic carbocycles. The molecule has 6 heteroatoms. The Balaban J connectivity index is 1.36. The molecule has 6 nitrogen and oxygen atoms in total. The van der Waals surface area contributed by atoms with Gasteiger partial charge in [0.25, 0.3) is 0 Å². The topological polar surface area (TPSA) is 93.8 Å². The number of hydrazone groups is 1. The van der Waals surface area contributed by atoms with E-state index in [4.69, 9.17) is 10.5 Å². The normalized spacial score (nSPS) is 41.1. The molecule has 0 aromatic heterocycles. The van der Waals surface area contributed by atoms with Crippen molar-refractivity contribution in [3.8, 4) is 0 Å². The summed E-state index contributed by atoms with van der Waals surface area (Å²) in [4.78, 5) is 22.6. The van der Waals surface area contributed by atoms with E-state index in [2.05, 4.69) is 36.5 Å². The highest BCUT2D eigenvalue weighted by atomic mass is 16.5. The van der Waals surface area contributed by atoms with Gasteiger partial charge in [-0.05, 0) is 73.7 Å². The Labute approximate surface area is 177 Å². The van der Waals surface area contributed by atoms with Crippen LogP contribution in [-0.2, 0) is 9.53 Å². The van der Waals surface area contributed by atoms with Crippen molar-refractivity contribution in [2.45, 2.75) is 58.8 Å². The molecule has 0 saturated heterocycles. The molecule has 0 radical (unpaired) electrons. The van der Waals surface area contributed by atoms with E-state index in [1.807, 2.05) is 0 Å². The lowest BCUT2D eigenvalue weighted by atomic mass is 9.46. The summed E-state index contributed by atoms with van der Waals surface area (Å²) in [5.74, 6) is 1.70. The fraction of sp³-hybridized carbons (Fsp3) is 0.625. The van der Waals surface area contributed by atoms with Gasteiger partial charge in [-0.2, -0.15) is 5.10 Å². The number of carbonyl (C=O) groups excluding carboxylic acids is 2. The van der Waals surface area contributed by atoms with Crippen molar-refractivity contribution < 1.29 is 14.3 Å². The number of nitrogens with one attached hydrogen (secondary N) is 1. The number of carbonyl (C=O) groups is 2. The van der Waals surface area contributed by atoms with E-state index in [1.54, 1.807) is 11.6 Å². The number of hydrogen-bond donors (Lipinski definition) is 2. The third kappa shape index (κ3) is 2.87. The van der Waals surface area contributed by atoms with Crippen LogP contribution >= 0.6 is 0 Å². The van der Waals surface area contributed by atoms with Crippen molar-refractivity contribution in [3.05, 3.63) is 34.9 Å². The minimum atomic E-state index is -0.591. The van der Waals surface area contributed by atoms with Crippen molar-refractivity contribution in [1.29, 1.82) is 0 Å². The predicted octanol–water partition coefficient (Wildman–Crippen LogP) is 3.99. The van der Waals surface area contributed by atoms with Gasteiger partial charge < -0.3 is 10.5 Å². The SMILES string of the molecule is C[C@]12CC[C@H]3[C@@H](CC[C@H]4CC(=NNC(N)=O)CC[C@@]43C)C1=CC=C2C1=CC(=O)OC1. The summed E-state index contributed by atoms with van der Waals surface area (Å²) in [5, 5.41) is 4.26. The highest BCUT2D eigenvalue weighted by Crippen LogP contribution is 2.65. The van der Waals surface area contributed by atoms with E-state index in [-0.39, 0.29) is 11.4 Å². The summed E-state index contributed by atoms with van der Waals surface area (Å²) in [7, 11) is 0. The average Bonchev–Trinajstić information content (AvgIpc) is 3.28. The van der Waals surface area contributed by atoms with Crippen molar-refractivity contribution in [3.63, 3.8) is 0 Å². The molecule has 1 aliphatic heterocycles. The lowest BCUT2D eigenvalue weighted by Gasteiger charge is -2.58. The van der Waals surface area contributed by atoms with Gasteiger partial charge >= 0.3 is 12.0 Å². The molecule has 5 atom stereocenters. The van der Waals surface area contributed by atoms with Gasteiger partial charge in [0.05, 0.1) is 0 Å². The molecule has 3 fully saturated rings. The van der Waals surface area contributed by atoms with Crippen LogP contribution in [-0.4, -0.2) is 24.3 Å². The van der Waals surface area contributed by atoms with Crippen LogP contribution in [0.25, 0.3) is 0 Å². The number of amides is 2. The van der Waals surface area contributed by atoms with E-state index in [1.165, 1.54) is 24.8 Å². The maximum Gasteiger partial charge on any atom is 0.332 e. The van der Waals surface area contributed by atoms with Crippen molar-refractivity contribution in [1.82, 2.24) is 5.43 Å². The molecule has 0 aromatic carbocycles. The molecular weight excluding hydrogens is 378 g/mol. The van der Waals surface area contributed by atoms with Gasteiger partial charge in [0, 0.05) is 22.8 Å². The van der Waals surface area contributed by atoms with Gasteiger partial charge in [-0.1, -0.05) is 31.6 Å². The molecule has 3 N–H and O–H groups in total. The zero-order valence-electron chi connectivity index (χ0n) is 17.9. The van der Waals surface area contributed by atoms with Crippen LogP contribution in [0.1, 0.15) is 58.8 Å². The summed E-state index contributed by atoms with van der Waals surface area (Å²) in [6.07, 6.45) is 14.1. The van der Waals surface area contributed by atoms with Gasteiger partial charge in [0.2, 0.25) is 0 Å². The van der Waals surface area contributed by atoms with Crippen molar-refractivity contribution in [2.75, 3.05) is 6.61 Å². The van der Waals surface area contributed by atoms with Crippen molar-refractivity contribution in [2.24, 2.45) is 39.4 Å². The first-order chi connectivity index (χ1) is 14.3. The first-order valence-electron chi connectivity index (χ1n) is 11.2. The average molecular weight is 410 g/mol. The summed E-state index contributed by atoms with van der Waals surface area (Å²) in [6, 6.07) is -0.591. The number of esters is 1. The minimum Gasteiger partial charge on any atom is -0.458 e. The maximum atomic E-state index is 11.6. The number of cyclic esters (lactones) is 1. The van der Waals surface area contributed by atoms with Crippen LogP contribution in [0, 0.1) is 28.6 Å². The fourth-order valence-corrected chi connectivity index (χ4v) is 7.28. The highest BCUT2D eigenvalue weighted by Gasteiger charge is 2.56. The third-order valence-corrected chi connectivity index (χ3v) is 8.87. The largest absolute Gasteiger partial charge is 0.458 e. The Morgan fingerprint density at radius 3 is 2.80 bits per heavy atom. The molecule has 160 valence electrons. The standard InChI is InChI=1S/C24H31N3O3/c1-23-9-7-16(26-27-22(25)29)12-15(23)3-4-17-19-6-5-18(14-11-21(28)30-13-14)24(19,2)10-8-20(17)23/h5-6,11,15,17,20H,3-4,7-10,12-13H2,1-2H3,(H3,25,27,29)/t15-,17-,20-,23-,24+/m0/s1. The van der Waals surface area contributed by atoms with Crippen molar-refractivity contribution >= 4 is 17.7 Å². The van der Waals surface area contributed by atoms with E-state index < -0.39 is 6.03 Å². The Morgan fingerprint density at radius 2 is 2.07 bits per heavy atom. The minimum absolute atomic E-state index is 0.0386. The smallest absolute Gasteiger partial charge is 0.332 e. The Morgan fingerprint density at radius 1 is 1.23 bits per heavy atom. The Hall–Kier alpha value is -2.37. The van der Waals surface area contributed by atoms with Crippen LogP contribution in [0.15, 0.2) is 40.0 Å². The van der Waals surface area contributed by atoms with Crippen LogP contribution in [0.4, 0.5) is 4.79 Å². The Kier molecular flexibility index (Phi) is 4.46. The number of hydrogen-bond acceptors (Lipinski definition) is 4. The van der Waals surface area contributed by atoms with Gasteiger partial charge in [-0.3, -0.25) is 0 Å². The summed E-state index contributed by atoms with van der Waals surface area (Å²) < 4.78 is 5.20. The highest BCUT2D eigenvalue weighted by molar-refractivity contribution is 5.87. The van der Waals surface area contributed by atoms with E-state index in [9.17, 15) is 9.59 Å². The van der Waals surface area contributed by atoms with Crippen LogP contribution in [0.3, 0.4) is 0 Å². The van der Waals surface area contributed by atoms with Crippen LogP contribution < -0.4 is 11.2 Å². The van der Waals surface area contributed by atoms with Crippen LogP contribution in [0.5, 0.6) is 0 Å². The molecule has 2 amide bonds. The van der Waals surface area contributed by atoms with Crippen LogP contribution in [0.2, 0.25) is 0 Å². The third-order valence-electron chi connectivity index (χ3n) is 8.87. The molecule has 1 heterocycles. The molecular formula is C24H31N3O3. The first kappa shape index (κ1) is 19.6. The number of nitrogens with zero attached hydrogens (tertiary/aromatic N) is 1. The quantitative estimate of drug-likeness (QED) is 0.533. The number of nitrogens with two attached hydrogens (primary N) is 1. The summed E-state index contributed by atoms with van der Waals surface area (Å²) in [6.45, 7) is 5.27. The maximum absolute atomic E-state index is 11.6. The number of allylic oxidation sites excluding steroid dienone is 3. The molecule has 0 aromatic rings. The summed E-state index contributed by atoms with van der Waals surface area (Å²) in [5.41, 5.74) is 13.0. The number of urea groups is 1. The lowest BCUT2D eigenvalue weighted by Crippen LogP contribution is -2.51. The van der Waals surface area contributed by atoms with Gasteiger partial charge in [0.15, 0.2) is 0 Å². The number of fused-ring (bicyclic) bond motifs is 5. The first-order valence-corrected chi connectivity index (χ1v) is 11.2. The molecule has 0 bridgehead atoms. The lowest BCUT2D eigenvalue weighted by molar-refractivity contribution is -0.134. The monoisotopic (exact) mass is 409 g/mol. The fourth-order valence-electron chi connectivity index (χ4n) is 7.28. The molecule has 5 rings (SSSR count). The number of ether oxygens (including phenoxy) is 1. The molecule has 5 aliphatic rings. The van der Waals surface area contributed by atoms with Gasteiger partial charge in [-0.25, -0.2) is 15.0 Å². The second kappa shape index (κ2) is 6.82. The molecule has 3 saturated carbocycles. The predicted molar refractivity (Wildman–Crippen MR) is 114 cm³/mol. The van der Waals surface area contributed by atoms with E-state index in [0.29, 0.717) is 29.8 Å². The molecule has 30 heavy (non-hydrogen) atoms. The van der Waals surface area contributed by atoms with E-state index >= 15 is 0 Å². The number of primary amides is 1. The number of rotatable bonds is 2. The Bertz CT molecular complexity index is 930. The zero-order valence-corrected chi connectivity index (χ0v) is 17.9. The second-order valence-electron chi connectivity index (χ2n) is 10.2. The zero-order chi connectivity index (χ0) is 21.1. The van der Waals surface area contributed by atoms with Gasteiger partial charge in [0.1, 0.15) is 6.61 Å². The second-order valence-corrected chi connectivity index (χ2v) is 10.2. The molecule has 0 unspecified atom stereocenters. The molecule has 0 spiro atoms.